The molecule has 0 spiro atoms. The second-order valence-electron chi connectivity index (χ2n) is 9.99. The molecule has 10 nitrogen and oxygen atoms in total. The second-order valence-corrected chi connectivity index (χ2v) is 9.99. The van der Waals surface area contributed by atoms with Crippen LogP contribution in [0.1, 0.15) is 40.2 Å². The average Bonchev–Trinajstić information content (AvgIpc) is 3.34. The van der Waals surface area contributed by atoms with Crippen molar-refractivity contribution < 1.29 is 28.5 Å². The molecule has 184 valence electrons. The van der Waals surface area contributed by atoms with E-state index in [1.165, 1.54) is 6.20 Å². The standard InChI is InChI=1S/C24H32N4O6/c1-23(2,3)34-22(30)28-12-17(11-25-28)26-18-13-27(14-19-20(18)33-24(4,5)32-19)21(29)31-15-16-9-7-6-8-10-16/h6-12,18-20,26H,13-15H2,1-5H3/t18-,19+,20-/m1/s1. The number of fused-ring (bicyclic) bond motifs is 1. The summed E-state index contributed by atoms with van der Waals surface area (Å²) in [5, 5.41) is 7.44. The van der Waals surface area contributed by atoms with Gasteiger partial charge in [-0.3, -0.25) is 0 Å². The molecule has 3 heterocycles. The molecule has 1 aromatic carbocycles. The third-order valence-corrected chi connectivity index (χ3v) is 5.41. The first-order valence-electron chi connectivity index (χ1n) is 11.3. The third-order valence-electron chi connectivity index (χ3n) is 5.41. The molecule has 4 rings (SSSR count). The fourth-order valence-corrected chi connectivity index (χ4v) is 4.09. The van der Waals surface area contributed by atoms with Crippen molar-refractivity contribution in [1.82, 2.24) is 14.7 Å². The van der Waals surface area contributed by atoms with E-state index in [4.69, 9.17) is 18.9 Å². The van der Waals surface area contributed by atoms with Gasteiger partial charge in [-0.05, 0) is 40.2 Å². The van der Waals surface area contributed by atoms with Crippen LogP contribution in [-0.2, 0) is 25.6 Å². The Morgan fingerprint density at radius 2 is 1.88 bits per heavy atom. The maximum atomic E-state index is 12.8. The largest absolute Gasteiger partial charge is 0.445 e. The van der Waals surface area contributed by atoms with Gasteiger partial charge in [0.05, 0.1) is 30.7 Å². The number of likely N-dealkylation sites (tertiary alicyclic amines) is 1. The molecule has 2 aliphatic heterocycles. The summed E-state index contributed by atoms with van der Waals surface area (Å²) in [5.74, 6) is -0.778. The summed E-state index contributed by atoms with van der Waals surface area (Å²) in [6.45, 7) is 9.96. The van der Waals surface area contributed by atoms with Crippen LogP contribution in [0.2, 0.25) is 0 Å². The molecule has 0 aliphatic carbocycles. The van der Waals surface area contributed by atoms with Gasteiger partial charge in [-0.25, -0.2) is 9.59 Å². The van der Waals surface area contributed by atoms with Crippen molar-refractivity contribution in [3.05, 3.63) is 48.3 Å². The van der Waals surface area contributed by atoms with Gasteiger partial charge in [-0.15, -0.1) is 0 Å². The van der Waals surface area contributed by atoms with Crippen LogP contribution in [-0.4, -0.2) is 69.6 Å². The minimum Gasteiger partial charge on any atom is -0.445 e. The third kappa shape index (κ3) is 5.87. The minimum atomic E-state index is -0.778. The Kier molecular flexibility index (Phi) is 6.55. The van der Waals surface area contributed by atoms with E-state index < -0.39 is 23.6 Å². The number of carbonyl (C=O) groups excluding carboxylic acids is 2. The number of ether oxygens (including phenoxy) is 4. The van der Waals surface area contributed by atoms with Crippen molar-refractivity contribution in [3.63, 3.8) is 0 Å². The molecule has 0 saturated carbocycles. The molecular weight excluding hydrogens is 440 g/mol. The molecule has 0 bridgehead atoms. The summed E-state index contributed by atoms with van der Waals surface area (Å²) >= 11 is 0. The van der Waals surface area contributed by atoms with E-state index in [0.29, 0.717) is 18.8 Å². The number of anilines is 1. The van der Waals surface area contributed by atoms with E-state index in [1.54, 1.807) is 31.9 Å². The number of rotatable bonds is 4. The average molecular weight is 473 g/mol. The van der Waals surface area contributed by atoms with Gasteiger partial charge in [0.2, 0.25) is 0 Å². The van der Waals surface area contributed by atoms with E-state index in [1.807, 2.05) is 44.2 Å². The predicted octanol–water partition coefficient (Wildman–Crippen LogP) is 3.62. The highest BCUT2D eigenvalue weighted by Crippen LogP contribution is 2.34. The predicted molar refractivity (Wildman–Crippen MR) is 123 cm³/mol. The van der Waals surface area contributed by atoms with Crippen LogP contribution in [0.15, 0.2) is 42.7 Å². The van der Waals surface area contributed by atoms with Gasteiger partial charge in [-0.2, -0.15) is 9.78 Å². The molecule has 2 fully saturated rings. The maximum Gasteiger partial charge on any atom is 0.435 e. The number of nitrogens with one attached hydrogen (secondary N) is 1. The van der Waals surface area contributed by atoms with Crippen molar-refractivity contribution in [2.24, 2.45) is 0 Å². The number of carbonyl (C=O) groups is 2. The smallest absolute Gasteiger partial charge is 0.435 e. The zero-order chi connectivity index (χ0) is 24.5. The maximum absolute atomic E-state index is 12.8. The summed E-state index contributed by atoms with van der Waals surface area (Å²) in [5.41, 5.74) is 0.882. The molecule has 2 saturated heterocycles. The number of hydrogen-bond donors (Lipinski definition) is 1. The zero-order valence-corrected chi connectivity index (χ0v) is 20.2. The molecule has 0 unspecified atom stereocenters. The molecule has 2 aliphatic rings. The Labute approximate surface area is 199 Å². The fraction of sp³-hybridized carbons (Fsp3) is 0.542. The van der Waals surface area contributed by atoms with Crippen molar-refractivity contribution in [3.8, 4) is 0 Å². The first-order valence-corrected chi connectivity index (χ1v) is 11.3. The number of nitrogens with zero attached hydrogens (tertiary/aromatic N) is 3. The van der Waals surface area contributed by atoms with Crippen LogP contribution in [0.5, 0.6) is 0 Å². The molecule has 0 radical (unpaired) electrons. The van der Waals surface area contributed by atoms with Gasteiger partial charge in [0.15, 0.2) is 5.79 Å². The summed E-state index contributed by atoms with van der Waals surface area (Å²) < 4.78 is 24.2. The van der Waals surface area contributed by atoms with E-state index >= 15 is 0 Å². The van der Waals surface area contributed by atoms with Crippen LogP contribution in [0.3, 0.4) is 0 Å². The SMILES string of the molecule is CC(C)(C)OC(=O)n1cc(N[C@@H]2CN(C(=O)OCc3ccccc3)C[C@@H]3OC(C)(C)O[C@@H]32)cn1. The van der Waals surface area contributed by atoms with Crippen LogP contribution in [0.4, 0.5) is 15.3 Å². The van der Waals surface area contributed by atoms with Crippen LogP contribution in [0.25, 0.3) is 0 Å². The Morgan fingerprint density at radius 3 is 2.59 bits per heavy atom. The summed E-state index contributed by atoms with van der Waals surface area (Å²) in [6, 6.07) is 9.22. The van der Waals surface area contributed by atoms with Gasteiger partial charge in [0.1, 0.15) is 24.4 Å². The van der Waals surface area contributed by atoms with Gasteiger partial charge in [0.25, 0.3) is 0 Å². The number of aromatic nitrogens is 2. The Hall–Kier alpha value is -3.11. The Bertz CT molecular complexity index is 1020. The first-order chi connectivity index (χ1) is 16.0. The highest BCUT2D eigenvalue weighted by Gasteiger charge is 2.50. The number of benzene rings is 1. The highest BCUT2D eigenvalue weighted by molar-refractivity contribution is 5.71. The van der Waals surface area contributed by atoms with Crippen molar-refractivity contribution >= 4 is 17.9 Å². The Morgan fingerprint density at radius 1 is 1.15 bits per heavy atom. The molecule has 10 heteroatoms. The fourth-order valence-electron chi connectivity index (χ4n) is 4.09. The molecular formula is C24H32N4O6. The zero-order valence-electron chi connectivity index (χ0n) is 20.2. The lowest BCUT2D eigenvalue weighted by atomic mass is 9.99. The van der Waals surface area contributed by atoms with Gasteiger partial charge < -0.3 is 29.2 Å². The first kappa shape index (κ1) is 24.0. The van der Waals surface area contributed by atoms with Crippen LogP contribution in [0, 0.1) is 0 Å². The second kappa shape index (κ2) is 9.27. The topological polar surface area (TPSA) is 104 Å². The Balaban J connectivity index is 1.44. The monoisotopic (exact) mass is 472 g/mol. The lowest BCUT2D eigenvalue weighted by Crippen LogP contribution is -2.58. The van der Waals surface area contributed by atoms with Crippen LogP contribution >= 0.6 is 0 Å². The molecule has 1 N–H and O–H groups in total. The number of piperidine rings is 1. The van der Waals surface area contributed by atoms with Gasteiger partial charge in [-0.1, -0.05) is 30.3 Å². The lowest BCUT2D eigenvalue weighted by Gasteiger charge is -2.38. The summed E-state index contributed by atoms with van der Waals surface area (Å²) in [4.78, 5) is 26.8. The summed E-state index contributed by atoms with van der Waals surface area (Å²) in [7, 11) is 0. The van der Waals surface area contributed by atoms with Crippen molar-refractivity contribution in [2.45, 2.75) is 70.9 Å². The van der Waals surface area contributed by atoms with Gasteiger partial charge in [0, 0.05) is 6.54 Å². The van der Waals surface area contributed by atoms with E-state index in [2.05, 4.69) is 10.4 Å². The van der Waals surface area contributed by atoms with E-state index in [0.717, 1.165) is 10.2 Å². The van der Waals surface area contributed by atoms with Crippen LogP contribution < -0.4 is 5.32 Å². The molecule has 3 atom stereocenters. The quantitative estimate of drug-likeness (QED) is 0.720. The van der Waals surface area contributed by atoms with Gasteiger partial charge >= 0.3 is 12.2 Å². The molecule has 1 aromatic heterocycles. The van der Waals surface area contributed by atoms with Crippen molar-refractivity contribution in [2.75, 3.05) is 18.4 Å². The molecule has 2 aromatic rings. The van der Waals surface area contributed by atoms with Crippen molar-refractivity contribution in [1.29, 1.82) is 0 Å². The number of amides is 1. The molecule has 34 heavy (non-hydrogen) atoms. The summed E-state index contributed by atoms with van der Waals surface area (Å²) in [6.07, 6.45) is 1.47. The number of hydrogen-bond acceptors (Lipinski definition) is 8. The van der Waals surface area contributed by atoms with E-state index in [9.17, 15) is 9.59 Å². The highest BCUT2D eigenvalue weighted by atomic mass is 16.8. The minimum absolute atomic E-state index is 0.188. The lowest BCUT2D eigenvalue weighted by molar-refractivity contribution is -0.145. The molecule has 1 amide bonds. The van der Waals surface area contributed by atoms with E-state index in [-0.39, 0.29) is 24.9 Å². The normalized spacial score (nSPS) is 23.8.